The van der Waals surface area contributed by atoms with Crippen LogP contribution in [0.1, 0.15) is 38.5 Å². The molecular weight excluding hydrogens is 514 g/mol. The van der Waals surface area contributed by atoms with Gasteiger partial charge in [0.25, 0.3) is 5.92 Å². The summed E-state index contributed by atoms with van der Waals surface area (Å²) >= 11 is 0. The molecule has 7 nitrogen and oxygen atoms in total. The van der Waals surface area contributed by atoms with Crippen LogP contribution in [0.5, 0.6) is 5.88 Å². The number of benzene rings is 1. The third kappa shape index (κ3) is 6.11. The number of piperidine rings is 1. The fourth-order valence-corrected chi connectivity index (χ4v) is 5.63. The summed E-state index contributed by atoms with van der Waals surface area (Å²) in [7, 11) is 2.07. The van der Waals surface area contributed by atoms with Gasteiger partial charge in [-0.15, -0.1) is 0 Å². The minimum absolute atomic E-state index is 0.0314. The molecule has 0 amide bonds. The van der Waals surface area contributed by atoms with Crippen LogP contribution in [0.2, 0.25) is 0 Å². The highest BCUT2D eigenvalue weighted by Gasteiger charge is 2.33. The second-order valence-electron chi connectivity index (χ2n) is 11.0. The Hall–Kier alpha value is -3.14. The van der Waals surface area contributed by atoms with Crippen LogP contribution in [0.15, 0.2) is 55.0 Å². The van der Waals surface area contributed by atoms with Crippen LogP contribution >= 0.6 is 0 Å². The maximum atomic E-state index is 14.1. The topological polar surface area (TPSA) is 70.4 Å². The quantitative estimate of drug-likeness (QED) is 0.235. The van der Waals surface area contributed by atoms with Crippen LogP contribution in [0.3, 0.4) is 0 Å². The summed E-state index contributed by atoms with van der Waals surface area (Å²) in [5.74, 6) is -2.23. The standard InChI is InChI=1S/C31H36F2N4O3/c1-37-28-9-13-35-19-27(28)26-5-3-21(15-29(26)37)22-4-6-30(36-18-22)40-25-16-24(17-25)38-14-2-10-31(32,33)20-39-23-7-11-34-12-8-23/h3-6,9,13,15,18-19,23-25,34H,2,7-8,10-12,14,16-17,20H2,1H3/t24-,25-. The Bertz CT molecular complexity index is 1430. The van der Waals surface area contributed by atoms with Gasteiger partial charge in [0.05, 0.1) is 17.7 Å². The molecule has 6 rings (SSSR count). The average Bonchev–Trinajstić information content (AvgIpc) is 3.25. The van der Waals surface area contributed by atoms with Gasteiger partial charge in [0.1, 0.15) is 12.7 Å². The fraction of sp³-hybridized carbons (Fsp3) is 0.484. The van der Waals surface area contributed by atoms with Crippen LogP contribution in [0.25, 0.3) is 32.9 Å². The molecule has 40 heavy (non-hydrogen) atoms. The lowest BCUT2D eigenvalue weighted by atomic mass is 9.92. The van der Waals surface area contributed by atoms with E-state index in [2.05, 4.69) is 45.1 Å². The number of fused-ring (bicyclic) bond motifs is 3. The minimum Gasteiger partial charge on any atom is -0.474 e. The monoisotopic (exact) mass is 550 g/mol. The highest BCUT2D eigenvalue weighted by atomic mass is 19.3. The highest BCUT2D eigenvalue weighted by Crippen LogP contribution is 2.32. The molecule has 4 heterocycles. The van der Waals surface area contributed by atoms with E-state index in [4.69, 9.17) is 14.2 Å². The van der Waals surface area contributed by atoms with Crippen molar-refractivity contribution in [3.05, 3.63) is 55.0 Å². The number of rotatable bonds is 11. The van der Waals surface area contributed by atoms with Gasteiger partial charge in [0, 0.05) is 79.4 Å². The number of aryl methyl sites for hydroxylation is 1. The Morgan fingerprint density at radius 1 is 0.925 bits per heavy atom. The molecule has 212 valence electrons. The first-order valence-electron chi connectivity index (χ1n) is 14.2. The lowest BCUT2D eigenvalue weighted by Crippen LogP contribution is -2.40. The lowest BCUT2D eigenvalue weighted by molar-refractivity contribution is -0.115. The van der Waals surface area contributed by atoms with Gasteiger partial charge in [-0.3, -0.25) is 4.98 Å². The summed E-state index contributed by atoms with van der Waals surface area (Å²) in [6, 6.07) is 12.4. The molecule has 1 aromatic carbocycles. The van der Waals surface area contributed by atoms with Crippen LogP contribution in [0, 0.1) is 0 Å². The van der Waals surface area contributed by atoms with Crippen LogP contribution in [0.4, 0.5) is 8.78 Å². The van der Waals surface area contributed by atoms with Crippen LogP contribution in [-0.4, -0.2) is 65.1 Å². The fourth-order valence-electron chi connectivity index (χ4n) is 5.63. The van der Waals surface area contributed by atoms with Crippen molar-refractivity contribution < 1.29 is 23.0 Å². The maximum absolute atomic E-state index is 14.1. The number of alkyl halides is 2. The highest BCUT2D eigenvalue weighted by molar-refractivity contribution is 6.08. The third-order valence-corrected chi connectivity index (χ3v) is 8.07. The molecule has 0 unspecified atom stereocenters. The zero-order chi connectivity index (χ0) is 27.5. The number of hydrogen-bond acceptors (Lipinski definition) is 6. The molecular formula is C31H36F2N4O3. The van der Waals surface area contributed by atoms with Crippen LogP contribution in [-0.2, 0) is 16.5 Å². The Morgan fingerprint density at radius 3 is 2.55 bits per heavy atom. The first-order valence-corrected chi connectivity index (χ1v) is 14.2. The summed E-state index contributed by atoms with van der Waals surface area (Å²) in [6.45, 7) is 1.49. The van der Waals surface area contributed by atoms with Crippen molar-refractivity contribution in [1.82, 2.24) is 19.9 Å². The minimum atomic E-state index is -2.81. The summed E-state index contributed by atoms with van der Waals surface area (Å²) < 4.78 is 47.7. The number of ether oxygens (including phenoxy) is 3. The predicted octanol–water partition coefficient (Wildman–Crippen LogP) is 5.90. The number of nitrogens with one attached hydrogen (secondary N) is 1. The summed E-state index contributed by atoms with van der Waals surface area (Å²) in [4.78, 5) is 8.80. The molecule has 3 aromatic heterocycles. The molecule has 4 aromatic rings. The first kappa shape index (κ1) is 27.1. The van der Waals surface area contributed by atoms with E-state index in [-0.39, 0.29) is 24.7 Å². The van der Waals surface area contributed by atoms with E-state index in [0.717, 1.165) is 66.3 Å². The van der Waals surface area contributed by atoms with Gasteiger partial charge in [0.15, 0.2) is 0 Å². The molecule has 1 N–H and O–H groups in total. The largest absolute Gasteiger partial charge is 0.474 e. The molecule has 0 atom stereocenters. The molecule has 1 aliphatic carbocycles. The van der Waals surface area contributed by atoms with E-state index >= 15 is 0 Å². The maximum Gasteiger partial charge on any atom is 0.271 e. The van der Waals surface area contributed by atoms with E-state index in [1.165, 1.54) is 5.39 Å². The normalized spacial score (nSPS) is 20.2. The zero-order valence-electron chi connectivity index (χ0n) is 22.8. The SMILES string of the molecule is Cn1c2ccncc2c2ccc(-c3ccc(O[C@H]4C[C@H](OCCCC(F)(F)COC5CCNCC5)C4)nc3)cc21. The van der Waals surface area contributed by atoms with Crippen molar-refractivity contribution in [2.24, 2.45) is 7.05 Å². The Morgan fingerprint density at radius 2 is 1.75 bits per heavy atom. The van der Waals surface area contributed by atoms with Crippen LogP contribution < -0.4 is 10.1 Å². The van der Waals surface area contributed by atoms with E-state index in [0.29, 0.717) is 18.9 Å². The van der Waals surface area contributed by atoms with Gasteiger partial charge < -0.3 is 24.1 Å². The van der Waals surface area contributed by atoms with Crippen molar-refractivity contribution in [3.63, 3.8) is 0 Å². The zero-order valence-corrected chi connectivity index (χ0v) is 22.8. The Balaban J connectivity index is 0.931. The Kier molecular flexibility index (Phi) is 7.96. The molecule has 1 saturated carbocycles. The molecule has 0 bridgehead atoms. The van der Waals surface area contributed by atoms with Crippen molar-refractivity contribution in [1.29, 1.82) is 0 Å². The van der Waals surface area contributed by atoms with Crippen molar-refractivity contribution >= 4 is 21.8 Å². The van der Waals surface area contributed by atoms with Gasteiger partial charge >= 0.3 is 0 Å². The van der Waals surface area contributed by atoms with Crippen molar-refractivity contribution in [2.45, 2.75) is 62.8 Å². The van der Waals surface area contributed by atoms with Crippen molar-refractivity contribution in [2.75, 3.05) is 26.3 Å². The van der Waals surface area contributed by atoms with Gasteiger partial charge in [-0.2, -0.15) is 0 Å². The predicted molar refractivity (Wildman–Crippen MR) is 151 cm³/mol. The lowest BCUT2D eigenvalue weighted by Gasteiger charge is -2.34. The summed E-state index contributed by atoms with van der Waals surface area (Å²) in [5, 5.41) is 5.54. The summed E-state index contributed by atoms with van der Waals surface area (Å²) in [5.41, 5.74) is 4.41. The Labute approximate surface area is 232 Å². The van der Waals surface area contributed by atoms with E-state index in [1.54, 1.807) is 0 Å². The van der Waals surface area contributed by atoms with E-state index in [9.17, 15) is 8.78 Å². The molecule has 2 fully saturated rings. The molecule has 9 heteroatoms. The molecule has 0 spiro atoms. The molecule has 1 aliphatic heterocycles. The van der Waals surface area contributed by atoms with Crippen molar-refractivity contribution in [3.8, 4) is 17.0 Å². The average molecular weight is 551 g/mol. The number of pyridine rings is 2. The third-order valence-electron chi connectivity index (χ3n) is 8.07. The molecule has 2 aliphatic rings. The van der Waals surface area contributed by atoms with E-state index < -0.39 is 12.5 Å². The smallest absolute Gasteiger partial charge is 0.271 e. The van der Waals surface area contributed by atoms with Gasteiger partial charge in [-0.25, -0.2) is 13.8 Å². The van der Waals surface area contributed by atoms with Gasteiger partial charge in [-0.05, 0) is 56.1 Å². The van der Waals surface area contributed by atoms with Gasteiger partial charge in [-0.1, -0.05) is 12.1 Å². The van der Waals surface area contributed by atoms with E-state index in [1.807, 2.05) is 36.8 Å². The number of nitrogens with zero attached hydrogens (tertiary/aromatic N) is 3. The summed E-state index contributed by atoms with van der Waals surface area (Å²) in [6.07, 6.45) is 8.76. The molecule has 0 radical (unpaired) electrons. The number of hydrogen-bond donors (Lipinski definition) is 1. The second-order valence-corrected chi connectivity index (χ2v) is 11.0. The first-order chi connectivity index (χ1) is 19.4. The number of halogens is 2. The second kappa shape index (κ2) is 11.8. The van der Waals surface area contributed by atoms with Gasteiger partial charge in [0.2, 0.25) is 5.88 Å². The molecule has 1 saturated heterocycles. The number of aromatic nitrogens is 3.